The Balaban J connectivity index is 1.22. The number of fused-ring (bicyclic) bond motifs is 5. The molecule has 4 rings (SSSR count). The minimum Gasteiger partial charge on any atom is -0.462 e. The fourth-order valence-corrected chi connectivity index (χ4v) is 13.1. The Morgan fingerprint density at radius 1 is 0.769 bits per heavy atom. The number of esters is 3. The van der Waals surface area contributed by atoms with Crippen molar-refractivity contribution in [2.24, 2.45) is 46.3 Å². The molecule has 0 aromatic rings. The van der Waals surface area contributed by atoms with Gasteiger partial charge in [0.2, 0.25) is 0 Å². The molecule has 1 N–H and O–H groups in total. The first-order valence-corrected chi connectivity index (χ1v) is 27.9. The fourth-order valence-electron chi connectivity index (χ4n) is 12.4. The van der Waals surface area contributed by atoms with E-state index in [-0.39, 0.29) is 44.0 Å². The highest BCUT2D eigenvalue weighted by Gasteiger charge is 2.59. The Hall–Kier alpha value is -1.78. The van der Waals surface area contributed by atoms with E-state index in [2.05, 4.69) is 47.6 Å². The van der Waals surface area contributed by atoms with Crippen LogP contribution in [0.1, 0.15) is 202 Å². The summed E-state index contributed by atoms with van der Waals surface area (Å²) in [6, 6.07) is 0. The molecule has 0 aliphatic heterocycles. The van der Waals surface area contributed by atoms with E-state index in [1.54, 1.807) is 0 Å². The van der Waals surface area contributed by atoms with Crippen LogP contribution < -0.4 is 0 Å². The molecular formula is C53H95NO10P+. The van der Waals surface area contributed by atoms with Crippen LogP contribution in [0.5, 0.6) is 0 Å². The minimum absolute atomic E-state index is 0.0188. The zero-order chi connectivity index (χ0) is 47.7. The second kappa shape index (κ2) is 26.8. The third-order valence-electron chi connectivity index (χ3n) is 16.2. The molecule has 1 unspecified atom stereocenters. The molecule has 0 saturated heterocycles. The standard InChI is InChI=1S/C53H94NO10P/c1-10-11-12-13-14-15-16-17-18-19-20-24-49(55)60-38-44(39-62-65(58,59)61-36-35-54(7,8)9)64-51(57)30-29-50(56)63-43-31-33-52(5)42(37-43)25-26-45-47-28-27-46(41(4)23-21-22-40(2)3)53(47,6)34-32-48(45)52/h25,40-41,43-48H,10-24,26-39H2,1-9H3/p+1/t41-,43+,44+,45+,46-,47+,48+,52+,53-/m1/s1. The SMILES string of the molecule is CCCCCCCCCCCCCC(=O)OC[C@@H](COP(=O)(O)OCC[N+](C)(C)C)OC(=O)CCC(=O)O[C@H]1CC[C@@]2(C)C(=CC[C@H]3[C@@H]4CC[C@H]([C@H](C)CCCC(C)C)[C@@]4(C)CC[C@@H]32)C1. The molecular weight excluding hydrogens is 842 g/mol. The van der Waals surface area contributed by atoms with Gasteiger partial charge >= 0.3 is 25.7 Å². The summed E-state index contributed by atoms with van der Waals surface area (Å²) >= 11 is 0. The lowest BCUT2D eigenvalue weighted by molar-refractivity contribution is -0.870. The van der Waals surface area contributed by atoms with Gasteiger partial charge in [-0.3, -0.25) is 23.4 Å². The highest BCUT2D eigenvalue weighted by Crippen LogP contribution is 2.67. The molecule has 0 spiro atoms. The van der Waals surface area contributed by atoms with Crippen molar-refractivity contribution in [2.45, 2.75) is 214 Å². The summed E-state index contributed by atoms with van der Waals surface area (Å²) in [5, 5.41) is 0. The molecule has 3 saturated carbocycles. The number of hydrogen-bond acceptors (Lipinski definition) is 9. The molecule has 4 aliphatic carbocycles. The number of carbonyl (C=O) groups excluding carboxylic acids is 3. The van der Waals surface area contributed by atoms with Crippen molar-refractivity contribution in [1.82, 2.24) is 0 Å². The van der Waals surface area contributed by atoms with Crippen LogP contribution in [-0.4, -0.2) is 87.0 Å². The summed E-state index contributed by atoms with van der Waals surface area (Å²) in [4.78, 5) is 49.2. The third-order valence-corrected chi connectivity index (χ3v) is 17.2. The largest absolute Gasteiger partial charge is 0.472 e. The lowest BCUT2D eigenvalue weighted by Gasteiger charge is -2.58. The first-order chi connectivity index (χ1) is 30.8. The van der Waals surface area contributed by atoms with E-state index in [0.717, 1.165) is 74.5 Å². The second-order valence-electron chi connectivity index (χ2n) is 22.8. The molecule has 0 aromatic carbocycles. The number of phosphoric ester groups is 1. The highest BCUT2D eigenvalue weighted by molar-refractivity contribution is 7.47. The number of nitrogens with zero attached hydrogens (tertiary/aromatic N) is 1. The van der Waals surface area contributed by atoms with Crippen molar-refractivity contribution in [1.29, 1.82) is 0 Å². The van der Waals surface area contributed by atoms with E-state index in [9.17, 15) is 23.8 Å². The van der Waals surface area contributed by atoms with E-state index in [0.29, 0.717) is 28.8 Å². The molecule has 0 radical (unpaired) electrons. The number of carbonyl (C=O) groups is 3. The van der Waals surface area contributed by atoms with Crippen LogP contribution in [0.2, 0.25) is 0 Å². The van der Waals surface area contributed by atoms with Gasteiger partial charge in [0.05, 0.1) is 40.6 Å². The van der Waals surface area contributed by atoms with E-state index in [1.165, 1.54) is 95.5 Å². The molecule has 4 aliphatic rings. The van der Waals surface area contributed by atoms with Crippen LogP contribution in [0.4, 0.5) is 0 Å². The van der Waals surface area contributed by atoms with Crippen molar-refractivity contribution in [3.05, 3.63) is 11.6 Å². The maximum absolute atomic E-state index is 13.2. The number of unbranched alkanes of at least 4 members (excludes halogenated alkanes) is 10. The van der Waals surface area contributed by atoms with Crippen LogP contribution in [0.15, 0.2) is 11.6 Å². The van der Waals surface area contributed by atoms with Gasteiger partial charge in [0.15, 0.2) is 6.10 Å². The monoisotopic (exact) mass is 937 g/mol. The lowest BCUT2D eigenvalue weighted by Crippen LogP contribution is -2.51. The zero-order valence-electron chi connectivity index (χ0n) is 42.7. The van der Waals surface area contributed by atoms with Crippen molar-refractivity contribution < 1.29 is 51.6 Å². The van der Waals surface area contributed by atoms with E-state index in [4.69, 9.17) is 23.3 Å². The average molecular weight is 937 g/mol. The van der Waals surface area contributed by atoms with Crippen LogP contribution >= 0.6 is 7.82 Å². The first kappa shape index (κ1) is 55.8. The normalized spacial score (nSPS) is 28.3. The molecule has 11 nitrogen and oxygen atoms in total. The van der Waals surface area contributed by atoms with Gasteiger partial charge < -0.3 is 23.6 Å². The first-order valence-electron chi connectivity index (χ1n) is 26.4. The van der Waals surface area contributed by atoms with Gasteiger partial charge in [0.1, 0.15) is 25.9 Å². The lowest BCUT2D eigenvalue weighted by atomic mass is 9.47. The van der Waals surface area contributed by atoms with Crippen molar-refractivity contribution in [3.63, 3.8) is 0 Å². The Bertz CT molecular complexity index is 1540. The number of quaternary nitrogens is 1. The number of hydrogen-bond donors (Lipinski definition) is 1. The van der Waals surface area contributed by atoms with Gasteiger partial charge in [-0.25, -0.2) is 4.57 Å². The van der Waals surface area contributed by atoms with Crippen molar-refractivity contribution in [2.75, 3.05) is 47.5 Å². The molecule has 0 heterocycles. The van der Waals surface area contributed by atoms with Crippen molar-refractivity contribution in [3.8, 4) is 0 Å². The van der Waals surface area contributed by atoms with Gasteiger partial charge in [-0.15, -0.1) is 0 Å². The average Bonchev–Trinajstić information content (AvgIpc) is 3.59. The van der Waals surface area contributed by atoms with Gasteiger partial charge in [-0.1, -0.05) is 137 Å². The quantitative estimate of drug-likeness (QED) is 0.0179. The zero-order valence-corrected chi connectivity index (χ0v) is 43.6. The maximum atomic E-state index is 13.2. The number of allylic oxidation sites excluding steroid dienone is 1. The predicted molar refractivity (Wildman–Crippen MR) is 259 cm³/mol. The van der Waals surface area contributed by atoms with Crippen LogP contribution in [0.3, 0.4) is 0 Å². The van der Waals surface area contributed by atoms with Gasteiger partial charge in [-0.2, -0.15) is 0 Å². The molecule has 0 amide bonds. The van der Waals surface area contributed by atoms with Gasteiger partial charge in [-0.05, 0) is 97.7 Å². The molecule has 376 valence electrons. The predicted octanol–water partition coefficient (Wildman–Crippen LogP) is 12.7. The van der Waals surface area contributed by atoms with E-state index in [1.807, 2.05) is 21.1 Å². The molecule has 65 heavy (non-hydrogen) atoms. The fraction of sp³-hybridized carbons (Fsp3) is 0.906. The smallest absolute Gasteiger partial charge is 0.462 e. The number of likely N-dealkylation sites (N-methyl/N-ethyl adjacent to an activating group) is 1. The maximum Gasteiger partial charge on any atom is 0.472 e. The van der Waals surface area contributed by atoms with Gasteiger partial charge in [0.25, 0.3) is 0 Å². The Labute approximate surface area is 395 Å². The summed E-state index contributed by atoms with van der Waals surface area (Å²) in [7, 11) is 1.31. The number of rotatable bonds is 31. The minimum atomic E-state index is -4.48. The molecule has 3 fully saturated rings. The molecule has 0 aromatic heterocycles. The van der Waals surface area contributed by atoms with Crippen molar-refractivity contribution >= 4 is 25.7 Å². The molecule has 0 bridgehead atoms. The Morgan fingerprint density at radius 3 is 2.09 bits per heavy atom. The van der Waals surface area contributed by atoms with Crippen LogP contribution in [0.25, 0.3) is 0 Å². The van der Waals surface area contributed by atoms with Crippen LogP contribution in [0, 0.1) is 46.3 Å². The Morgan fingerprint density at radius 2 is 1.43 bits per heavy atom. The van der Waals surface area contributed by atoms with Gasteiger partial charge in [0, 0.05) is 12.8 Å². The summed E-state index contributed by atoms with van der Waals surface area (Å²) in [5.74, 6) is 3.01. The topological polar surface area (TPSA) is 135 Å². The van der Waals surface area contributed by atoms with E-state index >= 15 is 0 Å². The summed E-state index contributed by atoms with van der Waals surface area (Å²) in [5.41, 5.74) is 2.03. The van der Waals surface area contributed by atoms with Crippen LogP contribution in [-0.2, 0) is 42.2 Å². The summed E-state index contributed by atoms with van der Waals surface area (Å²) in [6.07, 6.45) is 26.9. The summed E-state index contributed by atoms with van der Waals surface area (Å²) < 4.78 is 40.5. The molecule has 10 atom stereocenters. The number of ether oxygens (including phenoxy) is 3. The number of phosphoric acid groups is 1. The molecule has 12 heteroatoms. The highest BCUT2D eigenvalue weighted by atomic mass is 31.2. The summed E-state index contributed by atoms with van der Waals surface area (Å²) in [6.45, 7) is 14.2. The third kappa shape index (κ3) is 18.2. The van der Waals surface area contributed by atoms with E-state index < -0.39 is 38.4 Å². The Kier molecular flexibility index (Phi) is 23.0. The second-order valence-corrected chi connectivity index (χ2v) is 24.3.